The van der Waals surface area contributed by atoms with Crippen molar-refractivity contribution in [2.75, 3.05) is 31.5 Å². The summed E-state index contributed by atoms with van der Waals surface area (Å²) >= 11 is 0. The molecule has 0 spiro atoms. The number of hydrogen-bond donors (Lipinski definition) is 3. The van der Waals surface area contributed by atoms with Gasteiger partial charge in [-0.15, -0.1) is 0 Å². The molecule has 0 aliphatic carbocycles. The molecule has 148 valence electrons. The minimum Gasteiger partial charge on any atom is -0.369 e. The number of likely N-dealkylation sites (tertiary alicyclic amines) is 1. The summed E-state index contributed by atoms with van der Waals surface area (Å²) in [7, 11) is 0. The second-order valence-electron chi connectivity index (χ2n) is 6.91. The van der Waals surface area contributed by atoms with E-state index in [1.807, 2.05) is 12.1 Å². The van der Waals surface area contributed by atoms with Crippen LogP contribution in [0.25, 0.3) is 0 Å². The van der Waals surface area contributed by atoms with Gasteiger partial charge in [-0.1, -0.05) is 6.07 Å². The predicted octanol–water partition coefficient (Wildman–Crippen LogP) is 1.54. The van der Waals surface area contributed by atoms with Crippen LogP contribution >= 0.6 is 0 Å². The van der Waals surface area contributed by atoms with Crippen LogP contribution in [0.3, 0.4) is 0 Å². The van der Waals surface area contributed by atoms with E-state index >= 15 is 0 Å². The highest BCUT2D eigenvalue weighted by Gasteiger charge is 2.22. The third-order valence-corrected chi connectivity index (χ3v) is 4.87. The molecule has 0 radical (unpaired) electrons. The summed E-state index contributed by atoms with van der Waals surface area (Å²) in [5.74, 6) is 0.200. The summed E-state index contributed by atoms with van der Waals surface area (Å²) in [6, 6.07) is 8.99. The van der Waals surface area contributed by atoms with E-state index in [2.05, 4.69) is 25.5 Å². The van der Waals surface area contributed by atoms with E-state index in [0.29, 0.717) is 18.1 Å². The van der Waals surface area contributed by atoms with Crippen LogP contribution < -0.4 is 16.4 Å². The Morgan fingerprint density at radius 3 is 2.61 bits per heavy atom. The van der Waals surface area contributed by atoms with Gasteiger partial charge in [-0.25, -0.2) is 9.97 Å². The fourth-order valence-electron chi connectivity index (χ4n) is 3.28. The number of piperidine rings is 1. The topological polar surface area (TPSA) is 113 Å². The maximum atomic E-state index is 12.4. The summed E-state index contributed by atoms with van der Waals surface area (Å²) in [6.45, 7) is 3.28. The number of carbonyl (C=O) groups is 2. The molecule has 2 heterocycles. The lowest BCUT2D eigenvalue weighted by Crippen LogP contribution is -2.39. The molecule has 1 aromatic carbocycles. The van der Waals surface area contributed by atoms with Crippen LogP contribution in [-0.2, 0) is 4.79 Å². The Bertz CT molecular complexity index is 790. The van der Waals surface area contributed by atoms with Crippen molar-refractivity contribution in [3.63, 3.8) is 0 Å². The fourth-order valence-corrected chi connectivity index (χ4v) is 3.28. The van der Waals surface area contributed by atoms with Crippen molar-refractivity contribution in [1.82, 2.24) is 20.2 Å². The first-order valence-electron chi connectivity index (χ1n) is 9.56. The van der Waals surface area contributed by atoms with Crippen molar-refractivity contribution in [3.8, 4) is 0 Å². The van der Waals surface area contributed by atoms with Gasteiger partial charge in [-0.05, 0) is 63.2 Å². The molecule has 0 saturated carbocycles. The van der Waals surface area contributed by atoms with Gasteiger partial charge in [0.25, 0.3) is 5.91 Å². The highest BCUT2D eigenvalue weighted by Crippen LogP contribution is 2.17. The number of carbonyl (C=O) groups excluding carboxylic acids is 2. The first-order valence-corrected chi connectivity index (χ1v) is 9.56. The second-order valence-corrected chi connectivity index (χ2v) is 6.91. The number of anilines is 2. The molecular weight excluding hydrogens is 356 g/mol. The number of nitrogens with one attached hydrogen (secondary N) is 2. The Labute approximate surface area is 164 Å². The van der Waals surface area contributed by atoms with Crippen LogP contribution in [0.1, 0.15) is 29.6 Å². The summed E-state index contributed by atoms with van der Waals surface area (Å²) in [4.78, 5) is 34.1. The predicted molar refractivity (Wildman–Crippen MR) is 107 cm³/mol. The van der Waals surface area contributed by atoms with Crippen LogP contribution in [0.15, 0.2) is 42.7 Å². The molecule has 1 saturated heterocycles. The summed E-state index contributed by atoms with van der Waals surface area (Å²) in [5.41, 5.74) is 6.71. The molecule has 4 N–H and O–H groups in total. The number of amides is 2. The number of nitrogens with two attached hydrogens (primary N) is 1. The molecule has 2 amide bonds. The van der Waals surface area contributed by atoms with E-state index in [9.17, 15) is 9.59 Å². The third-order valence-electron chi connectivity index (χ3n) is 4.87. The van der Waals surface area contributed by atoms with Crippen molar-refractivity contribution in [3.05, 3.63) is 48.3 Å². The molecule has 0 bridgehead atoms. The van der Waals surface area contributed by atoms with Crippen molar-refractivity contribution >= 4 is 23.5 Å². The molecule has 0 unspecified atom stereocenters. The van der Waals surface area contributed by atoms with Gasteiger partial charge < -0.3 is 21.3 Å². The van der Waals surface area contributed by atoms with Gasteiger partial charge in [-0.3, -0.25) is 9.59 Å². The normalized spacial score (nSPS) is 15.1. The van der Waals surface area contributed by atoms with Crippen molar-refractivity contribution in [2.45, 2.75) is 19.3 Å². The number of benzene rings is 1. The van der Waals surface area contributed by atoms with Gasteiger partial charge in [0.15, 0.2) is 0 Å². The van der Waals surface area contributed by atoms with Crippen molar-refractivity contribution in [1.29, 1.82) is 0 Å². The number of nitrogens with zero attached hydrogens (tertiary/aromatic N) is 3. The molecule has 0 atom stereocenters. The highest BCUT2D eigenvalue weighted by atomic mass is 16.2. The van der Waals surface area contributed by atoms with Crippen LogP contribution in [0, 0.1) is 5.92 Å². The first-order chi connectivity index (χ1) is 13.6. The zero-order chi connectivity index (χ0) is 19.8. The smallest absolute Gasteiger partial charge is 0.251 e. The van der Waals surface area contributed by atoms with Gasteiger partial charge in [0.05, 0.1) is 0 Å². The minimum atomic E-state index is -0.192. The monoisotopic (exact) mass is 382 g/mol. The number of rotatable bonds is 8. The van der Waals surface area contributed by atoms with E-state index in [4.69, 9.17) is 5.73 Å². The van der Waals surface area contributed by atoms with E-state index < -0.39 is 0 Å². The number of primary amides is 1. The summed E-state index contributed by atoms with van der Waals surface area (Å²) < 4.78 is 0. The summed E-state index contributed by atoms with van der Waals surface area (Å²) in [6.07, 6.45) is 5.83. The van der Waals surface area contributed by atoms with Crippen molar-refractivity contribution in [2.24, 2.45) is 11.7 Å². The molecule has 1 aromatic heterocycles. The Hall–Kier alpha value is -3.00. The zero-order valence-electron chi connectivity index (χ0n) is 15.8. The maximum absolute atomic E-state index is 12.4. The molecule has 1 aliphatic rings. The average molecular weight is 382 g/mol. The standard InChI is InChI=1S/C20H26N6O2/c21-18(27)15-6-12-26(13-7-15)11-3-10-22-19(28)16-4-1-5-17(14-16)25-20-23-8-2-9-24-20/h1-2,4-5,8-9,14-15H,3,6-7,10-13H2,(H2,21,27)(H,22,28)(H,23,24,25). The summed E-state index contributed by atoms with van der Waals surface area (Å²) in [5, 5.41) is 6.04. The second kappa shape index (κ2) is 9.80. The van der Waals surface area contributed by atoms with E-state index in [0.717, 1.165) is 44.6 Å². The van der Waals surface area contributed by atoms with Gasteiger partial charge in [0.1, 0.15) is 0 Å². The molecule has 1 fully saturated rings. The lowest BCUT2D eigenvalue weighted by Gasteiger charge is -2.30. The van der Waals surface area contributed by atoms with Crippen LogP contribution in [0.4, 0.5) is 11.6 Å². The molecule has 2 aromatic rings. The van der Waals surface area contributed by atoms with E-state index in [1.54, 1.807) is 30.6 Å². The van der Waals surface area contributed by atoms with Gasteiger partial charge in [0.2, 0.25) is 11.9 Å². The Balaban J connectivity index is 1.40. The van der Waals surface area contributed by atoms with Crippen LogP contribution in [0.2, 0.25) is 0 Å². The SMILES string of the molecule is NC(=O)C1CCN(CCCNC(=O)c2cccc(Nc3ncccn3)c2)CC1. The van der Waals surface area contributed by atoms with E-state index in [1.165, 1.54) is 0 Å². The quantitative estimate of drug-likeness (QED) is 0.597. The van der Waals surface area contributed by atoms with Crippen LogP contribution in [-0.4, -0.2) is 52.9 Å². The lowest BCUT2D eigenvalue weighted by molar-refractivity contribution is -0.123. The number of aromatic nitrogens is 2. The van der Waals surface area contributed by atoms with Gasteiger partial charge in [0, 0.05) is 36.1 Å². The lowest BCUT2D eigenvalue weighted by atomic mass is 9.96. The van der Waals surface area contributed by atoms with Gasteiger partial charge in [-0.2, -0.15) is 0 Å². The Morgan fingerprint density at radius 2 is 1.89 bits per heavy atom. The van der Waals surface area contributed by atoms with Gasteiger partial charge >= 0.3 is 0 Å². The Morgan fingerprint density at radius 1 is 1.14 bits per heavy atom. The highest BCUT2D eigenvalue weighted by molar-refractivity contribution is 5.95. The molecule has 1 aliphatic heterocycles. The molecule has 28 heavy (non-hydrogen) atoms. The minimum absolute atomic E-state index is 0.0122. The average Bonchev–Trinajstić information content (AvgIpc) is 2.72. The molecule has 3 rings (SSSR count). The fraction of sp³-hybridized carbons (Fsp3) is 0.400. The first kappa shape index (κ1) is 19.8. The Kier molecular flexibility index (Phi) is 6.91. The third kappa shape index (κ3) is 5.75. The molecular formula is C20H26N6O2. The number of hydrogen-bond acceptors (Lipinski definition) is 6. The largest absolute Gasteiger partial charge is 0.369 e. The maximum Gasteiger partial charge on any atom is 0.251 e. The molecule has 8 nitrogen and oxygen atoms in total. The zero-order valence-corrected chi connectivity index (χ0v) is 15.8. The molecule has 8 heteroatoms. The van der Waals surface area contributed by atoms with Crippen molar-refractivity contribution < 1.29 is 9.59 Å². The van der Waals surface area contributed by atoms with E-state index in [-0.39, 0.29) is 17.7 Å². The van der Waals surface area contributed by atoms with Crippen LogP contribution in [0.5, 0.6) is 0 Å².